The molecule has 0 unspecified atom stereocenters. The van der Waals surface area contributed by atoms with E-state index in [1.54, 1.807) is 0 Å². The van der Waals surface area contributed by atoms with Crippen molar-refractivity contribution in [3.05, 3.63) is 59.7 Å². The maximum absolute atomic E-state index is 12.8. The average molecular weight is 396 g/mol. The zero-order chi connectivity index (χ0) is 20.8. The zero-order valence-electron chi connectivity index (χ0n) is 16.5. The molecule has 7 heteroatoms. The van der Waals surface area contributed by atoms with Gasteiger partial charge in [0, 0.05) is 30.4 Å². The SMILES string of the molecule is COC(=O)c1cc(NC(=O)C2CCN(c3ccccc3)CC2)cc(C(=O)OC)c1. The summed E-state index contributed by atoms with van der Waals surface area (Å²) in [5.41, 5.74) is 1.86. The summed E-state index contributed by atoms with van der Waals surface area (Å²) in [6.07, 6.45) is 1.45. The minimum absolute atomic E-state index is 0.129. The number of benzene rings is 2. The number of carbonyl (C=O) groups excluding carboxylic acids is 3. The highest BCUT2D eigenvalue weighted by atomic mass is 16.5. The summed E-state index contributed by atoms with van der Waals surface area (Å²) in [5, 5.41) is 2.83. The second-order valence-corrected chi connectivity index (χ2v) is 6.87. The molecule has 0 atom stereocenters. The van der Waals surface area contributed by atoms with Crippen LogP contribution in [0.5, 0.6) is 0 Å². The monoisotopic (exact) mass is 396 g/mol. The lowest BCUT2D eigenvalue weighted by atomic mass is 9.95. The summed E-state index contributed by atoms with van der Waals surface area (Å²) in [5.74, 6) is -1.46. The molecule has 0 aliphatic carbocycles. The van der Waals surface area contributed by atoms with Crippen molar-refractivity contribution >= 4 is 29.2 Å². The Morgan fingerprint density at radius 3 is 1.97 bits per heavy atom. The van der Waals surface area contributed by atoms with Crippen LogP contribution in [0.2, 0.25) is 0 Å². The Hall–Kier alpha value is -3.35. The molecule has 1 aliphatic heterocycles. The second kappa shape index (κ2) is 9.23. The quantitative estimate of drug-likeness (QED) is 0.782. The Balaban J connectivity index is 1.68. The van der Waals surface area contributed by atoms with Crippen molar-refractivity contribution in [2.24, 2.45) is 5.92 Å². The number of piperidine rings is 1. The molecular weight excluding hydrogens is 372 g/mol. The van der Waals surface area contributed by atoms with Gasteiger partial charge in [0.2, 0.25) is 5.91 Å². The summed E-state index contributed by atoms with van der Waals surface area (Å²) >= 11 is 0. The number of ether oxygens (including phenoxy) is 2. The van der Waals surface area contributed by atoms with E-state index in [-0.39, 0.29) is 23.0 Å². The Morgan fingerprint density at radius 2 is 1.45 bits per heavy atom. The van der Waals surface area contributed by atoms with Crippen molar-refractivity contribution in [3.8, 4) is 0 Å². The first-order valence-electron chi connectivity index (χ1n) is 9.44. The molecule has 2 aromatic rings. The minimum Gasteiger partial charge on any atom is -0.465 e. The molecule has 1 amide bonds. The lowest BCUT2D eigenvalue weighted by Gasteiger charge is -2.33. The van der Waals surface area contributed by atoms with Crippen LogP contribution in [0, 0.1) is 5.92 Å². The second-order valence-electron chi connectivity index (χ2n) is 6.87. The Kier molecular flexibility index (Phi) is 6.49. The van der Waals surface area contributed by atoms with E-state index in [0.717, 1.165) is 31.6 Å². The highest BCUT2D eigenvalue weighted by Crippen LogP contribution is 2.25. The largest absolute Gasteiger partial charge is 0.465 e. The first kappa shape index (κ1) is 20.4. The van der Waals surface area contributed by atoms with E-state index >= 15 is 0 Å². The van der Waals surface area contributed by atoms with Crippen LogP contribution in [-0.4, -0.2) is 45.2 Å². The number of anilines is 2. The average Bonchev–Trinajstić information content (AvgIpc) is 2.78. The molecule has 3 rings (SSSR count). The third kappa shape index (κ3) is 4.93. The van der Waals surface area contributed by atoms with Crippen molar-refractivity contribution in [1.29, 1.82) is 0 Å². The van der Waals surface area contributed by atoms with E-state index in [1.807, 2.05) is 18.2 Å². The molecule has 0 spiro atoms. The molecule has 0 bridgehead atoms. The molecule has 7 nitrogen and oxygen atoms in total. The van der Waals surface area contributed by atoms with E-state index in [1.165, 1.54) is 32.4 Å². The topological polar surface area (TPSA) is 84.9 Å². The highest BCUT2D eigenvalue weighted by molar-refractivity contribution is 6.00. The van der Waals surface area contributed by atoms with Crippen molar-refractivity contribution in [2.75, 3.05) is 37.5 Å². The Labute approximate surface area is 169 Å². The smallest absolute Gasteiger partial charge is 0.337 e. The van der Waals surface area contributed by atoms with Gasteiger partial charge in [-0.2, -0.15) is 0 Å². The molecule has 2 aromatic carbocycles. The predicted molar refractivity (Wildman–Crippen MR) is 109 cm³/mol. The fourth-order valence-electron chi connectivity index (χ4n) is 3.45. The van der Waals surface area contributed by atoms with Gasteiger partial charge in [-0.25, -0.2) is 9.59 Å². The van der Waals surface area contributed by atoms with Crippen molar-refractivity contribution in [2.45, 2.75) is 12.8 Å². The fourth-order valence-corrected chi connectivity index (χ4v) is 3.45. The summed E-state index contributed by atoms with van der Waals surface area (Å²) in [7, 11) is 2.51. The lowest BCUT2D eigenvalue weighted by Crippen LogP contribution is -2.38. The molecule has 0 radical (unpaired) electrons. The predicted octanol–water partition coefficient (Wildman–Crippen LogP) is 3.11. The van der Waals surface area contributed by atoms with Crippen LogP contribution in [0.1, 0.15) is 33.6 Å². The highest BCUT2D eigenvalue weighted by Gasteiger charge is 2.25. The van der Waals surface area contributed by atoms with E-state index < -0.39 is 11.9 Å². The van der Waals surface area contributed by atoms with Crippen molar-refractivity contribution in [3.63, 3.8) is 0 Å². The Morgan fingerprint density at radius 1 is 0.897 bits per heavy atom. The molecule has 0 aromatic heterocycles. The zero-order valence-corrected chi connectivity index (χ0v) is 16.5. The van der Waals surface area contributed by atoms with E-state index in [9.17, 15) is 14.4 Å². The van der Waals surface area contributed by atoms with Crippen LogP contribution in [0.25, 0.3) is 0 Å². The number of rotatable bonds is 5. The minimum atomic E-state index is -0.595. The van der Waals surface area contributed by atoms with Gasteiger partial charge < -0.3 is 19.7 Å². The van der Waals surface area contributed by atoms with Crippen LogP contribution >= 0.6 is 0 Å². The van der Waals surface area contributed by atoms with Gasteiger partial charge in [0.1, 0.15) is 0 Å². The van der Waals surface area contributed by atoms with Gasteiger partial charge in [0.25, 0.3) is 0 Å². The normalized spacial score (nSPS) is 14.2. The van der Waals surface area contributed by atoms with Gasteiger partial charge >= 0.3 is 11.9 Å². The van der Waals surface area contributed by atoms with Gasteiger partial charge in [-0.05, 0) is 43.2 Å². The number of nitrogens with one attached hydrogen (secondary N) is 1. The van der Waals surface area contributed by atoms with Gasteiger partial charge in [-0.1, -0.05) is 18.2 Å². The van der Waals surface area contributed by atoms with Gasteiger partial charge in [-0.3, -0.25) is 4.79 Å². The van der Waals surface area contributed by atoms with Crippen LogP contribution in [0.3, 0.4) is 0 Å². The van der Waals surface area contributed by atoms with Gasteiger partial charge in [0.05, 0.1) is 25.3 Å². The first-order chi connectivity index (χ1) is 14.0. The molecular formula is C22H24N2O5. The molecule has 0 saturated carbocycles. The van der Waals surface area contributed by atoms with Crippen LogP contribution in [-0.2, 0) is 14.3 Å². The van der Waals surface area contributed by atoms with Crippen LogP contribution < -0.4 is 10.2 Å². The summed E-state index contributed by atoms with van der Waals surface area (Å²) in [6, 6.07) is 14.5. The maximum Gasteiger partial charge on any atom is 0.337 e. The summed E-state index contributed by atoms with van der Waals surface area (Å²) in [4.78, 5) is 38.8. The molecule has 1 N–H and O–H groups in total. The van der Waals surface area contributed by atoms with Gasteiger partial charge in [0.15, 0.2) is 0 Å². The van der Waals surface area contributed by atoms with Crippen molar-refractivity contribution in [1.82, 2.24) is 0 Å². The maximum atomic E-state index is 12.8. The molecule has 1 aliphatic rings. The number of esters is 2. The number of nitrogens with zero attached hydrogens (tertiary/aromatic N) is 1. The summed E-state index contributed by atoms with van der Waals surface area (Å²) in [6.45, 7) is 1.58. The Bertz CT molecular complexity index is 855. The number of methoxy groups -OCH3 is 2. The fraction of sp³-hybridized carbons (Fsp3) is 0.318. The van der Waals surface area contributed by atoms with Crippen LogP contribution in [0.4, 0.5) is 11.4 Å². The van der Waals surface area contributed by atoms with Crippen LogP contribution in [0.15, 0.2) is 48.5 Å². The molecule has 152 valence electrons. The number of para-hydroxylation sites is 1. The molecule has 1 heterocycles. The molecule has 1 saturated heterocycles. The number of hydrogen-bond acceptors (Lipinski definition) is 6. The first-order valence-corrected chi connectivity index (χ1v) is 9.44. The third-order valence-electron chi connectivity index (χ3n) is 5.03. The van der Waals surface area contributed by atoms with E-state index in [4.69, 9.17) is 9.47 Å². The van der Waals surface area contributed by atoms with E-state index in [0.29, 0.717) is 5.69 Å². The van der Waals surface area contributed by atoms with Crippen molar-refractivity contribution < 1.29 is 23.9 Å². The number of amides is 1. The lowest BCUT2D eigenvalue weighted by molar-refractivity contribution is -0.120. The number of hydrogen-bond donors (Lipinski definition) is 1. The number of carbonyl (C=O) groups is 3. The summed E-state index contributed by atoms with van der Waals surface area (Å²) < 4.78 is 9.45. The van der Waals surface area contributed by atoms with Gasteiger partial charge in [-0.15, -0.1) is 0 Å². The van der Waals surface area contributed by atoms with E-state index in [2.05, 4.69) is 22.3 Å². The third-order valence-corrected chi connectivity index (χ3v) is 5.03. The standard InChI is InChI=1S/C22H24N2O5/c1-28-21(26)16-12-17(22(27)29-2)14-18(13-16)23-20(25)15-8-10-24(11-9-15)19-6-4-3-5-7-19/h3-7,12-15H,8-11H2,1-2H3,(H,23,25). The molecule has 1 fully saturated rings. The molecule has 29 heavy (non-hydrogen) atoms.